The van der Waals surface area contributed by atoms with Crippen LogP contribution >= 0.6 is 11.3 Å². The number of imide groups is 1. The first-order valence-corrected chi connectivity index (χ1v) is 14.1. The molecular weight excluding hydrogens is 537 g/mol. The summed E-state index contributed by atoms with van der Waals surface area (Å²) in [5, 5.41) is 0.850. The smallest absolute Gasteiger partial charge is 0.257 e. The van der Waals surface area contributed by atoms with Crippen molar-refractivity contribution in [3.05, 3.63) is 119 Å². The van der Waals surface area contributed by atoms with E-state index in [9.17, 15) is 18.8 Å². The highest BCUT2D eigenvalue weighted by Crippen LogP contribution is 2.33. The van der Waals surface area contributed by atoms with E-state index in [1.54, 1.807) is 47.7 Å². The lowest BCUT2D eigenvalue weighted by atomic mass is 10.0. The molecule has 6 nitrogen and oxygen atoms in total. The molecule has 1 aliphatic rings. The molecule has 2 heterocycles. The summed E-state index contributed by atoms with van der Waals surface area (Å²) in [6.07, 6.45) is -0.142. The molecule has 1 atom stereocenters. The summed E-state index contributed by atoms with van der Waals surface area (Å²) in [6.45, 7) is 3.92. The van der Waals surface area contributed by atoms with Gasteiger partial charge in [0.2, 0.25) is 5.91 Å². The summed E-state index contributed by atoms with van der Waals surface area (Å²) in [7, 11) is 0. The molecule has 8 heteroatoms. The number of halogens is 1. The maximum absolute atomic E-state index is 13.8. The Balaban J connectivity index is 1.29. The maximum Gasteiger partial charge on any atom is 0.257 e. The molecule has 204 valence electrons. The molecule has 0 radical (unpaired) electrons. The zero-order valence-electron chi connectivity index (χ0n) is 22.5. The predicted octanol–water partition coefficient (Wildman–Crippen LogP) is 6.69. The molecule has 5 aromatic rings. The monoisotopic (exact) mass is 563 g/mol. The fourth-order valence-corrected chi connectivity index (χ4v) is 6.19. The highest BCUT2D eigenvalue weighted by atomic mass is 32.1. The van der Waals surface area contributed by atoms with Crippen molar-refractivity contribution in [2.75, 3.05) is 4.90 Å². The minimum absolute atomic E-state index is 0.0565. The summed E-state index contributed by atoms with van der Waals surface area (Å²) in [5.74, 6) is -1.61. The number of carbonyl (C=O) groups excluding carboxylic acids is 3. The number of anilines is 1. The molecular formula is C33H26FN3O3S. The zero-order valence-corrected chi connectivity index (χ0v) is 23.3. The van der Waals surface area contributed by atoms with E-state index in [0.717, 1.165) is 36.8 Å². The van der Waals surface area contributed by atoms with E-state index in [-0.39, 0.29) is 24.8 Å². The van der Waals surface area contributed by atoms with Gasteiger partial charge in [-0.15, -0.1) is 11.3 Å². The number of carbonyl (C=O) groups is 3. The van der Waals surface area contributed by atoms with E-state index in [1.165, 1.54) is 17.0 Å². The van der Waals surface area contributed by atoms with Crippen LogP contribution in [0, 0.1) is 19.7 Å². The van der Waals surface area contributed by atoms with Crippen LogP contribution in [0.15, 0.2) is 91.0 Å². The molecule has 0 saturated carbocycles. The van der Waals surface area contributed by atoms with Crippen LogP contribution in [0.25, 0.3) is 20.8 Å². The Labute approximate surface area is 240 Å². The first-order valence-electron chi connectivity index (χ1n) is 13.2. The minimum Gasteiger partial charge on any atom is -0.322 e. The molecule has 4 aromatic carbocycles. The van der Waals surface area contributed by atoms with E-state index >= 15 is 0 Å². The summed E-state index contributed by atoms with van der Waals surface area (Å²) in [5.41, 5.74) is 5.27. The Morgan fingerprint density at radius 1 is 0.976 bits per heavy atom. The Kier molecular flexibility index (Phi) is 6.93. The quantitative estimate of drug-likeness (QED) is 0.216. The van der Waals surface area contributed by atoms with Gasteiger partial charge in [0.25, 0.3) is 11.8 Å². The molecule has 0 N–H and O–H groups in total. The fraction of sp³-hybridized carbons (Fsp3) is 0.152. The standard InChI is InChI=1S/C33H26FN3O3S/c1-20-7-16-27-29(17-20)41-31(35-27)23-10-14-25(15-11-23)37-30(38)18-28(33(37)40)36(19-22-8-12-24(34)13-9-22)32(39)26-6-4-3-5-21(26)2/h3-17,28H,18-19H2,1-2H3. The van der Waals surface area contributed by atoms with E-state index in [2.05, 4.69) is 6.07 Å². The number of aryl methyl sites for hydroxylation is 2. The van der Waals surface area contributed by atoms with Crippen molar-refractivity contribution in [2.24, 2.45) is 0 Å². The number of fused-ring (bicyclic) bond motifs is 1. The number of nitrogens with zero attached hydrogens (tertiary/aromatic N) is 3. The van der Waals surface area contributed by atoms with Crippen molar-refractivity contribution in [3.63, 3.8) is 0 Å². The number of hydrogen-bond donors (Lipinski definition) is 0. The molecule has 0 aliphatic carbocycles. The molecule has 0 bridgehead atoms. The van der Waals surface area contributed by atoms with Gasteiger partial charge in [0.15, 0.2) is 0 Å². The second-order valence-electron chi connectivity index (χ2n) is 10.2. The average Bonchev–Trinajstić information content (AvgIpc) is 3.52. The van der Waals surface area contributed by atoms with Crippen molar-refractivity contribution in [1.82, 2.24) is 9.88 Å². The Bertz CT molecular complexity index is 1800. The molecule has 1 aliphatic heterocycles. The van der Waals surface area contributed by atoms with E-state index in [4.69, 9.17) is 4.98 Å². The van der Waals surface area contributed by atoms with Gasteiger partial charge in [-0.25, -0.2) is 14.3 Å². The van der Waals surface area contributed by atoms with E-state index in [0.29, 0.717) is 16.8 Å². The second-order valence-corrected chi connectivity index (χ2v) is 11.2. The number of thiazole rings is 1. The lowest BCUT2D eigenvalue weighted by molar-refractivity contribution is -0.122. The van der Waals surface area contributed by atoms with Gasteiger partial charge in [0.1, 0.15) is 16.9 Å². The van der Waals surface area contributed by atoms with Crippen LogP contribution in [0.3, 0.4) is 0 Å². The van der Waals surface area contributed by atoms with Crippen molar-refractivity contribution >= 4 is 45.0 Å². The normalized spacial score (nSPS) is 15.1. The number of rotatable bonds is 6. The van der Waals surface area contributed by atoms with Crippen molar-refractivity contribution < 1.29 is 18.8 Å². The van der Waals surface area contributed by atoms with Gasteiger partial charge in [-0.1, -0.05) is 36.4 Å². The zero-order chi connectivity index (χ0) is 28.7. The summed E-state index contributed by atoms with van der Waals surface area (Å²) in [4.78, 5) is 48.1. The fourth-order valence-electron chi connectivity index (χ4n) is 5.12. The molecule has 0 spiro atoms. The number of hydrogen-bond acceptors (Lipinski definition) is 5. The van der Waals surface area contributed by atoms with Gasteiger partial charge >= 0.3 is 0 Å². The Morgan fingerprint density at radius 2 is 1.71 bits per heavy atom. The third kappa shape index (κ3) is 5.14. The first kappa shape index (κ1) is 26.5. The topological polar surface area (TPSA) is 70.6 Å². The van der Waals surface area contributed by atoms with Gasteiger partial charge in [0, 0.05) is 17.7 Å². The van der Waals surface area contributed by atoms with E-state index < -0.39 is 17.8 Å². The molecule has 1 saturated heterocycles. The predicted molar refractivity (Wildman–Crippen MR) is 158 cm³/mol. The largest absolute Gasteiger partial charge is 0.322 e. The van der Waals surface area contributed by atoms with Crippen molar-refractivity contribution in [3.8, 4) is 10.6 Å². The van der Waals surface area contributed by atoms with Crippen molar-refractivity contribution in [1.29, 1.82) is 0 Å². The van der Waals surface area contributed by atoms with Gasteiger partial charge in [-0.3, -0.25) is 14.4 Å². The first-order chi connectivity index (χ1) is 19.8. The van der Waals surface area contributed by atoms with Crippen LogP contribution < -0.4 is 4.90 Å². The summed E-state index contributed by atoms with van der Waals surface area (Å²) >= 11 is 1.59. The molecule has 3 amide bonds. The number of benzene rings is 4. The van der Waals surface area contributed by atoms with Crippen LogP contribution in [0.4, 0.5) is 10.1 Å². The van der Waals surface area contributed by atoms with Crippen molar-refractivity contribution in [2.45, 2.75) is 32.9 Å². The third-order valence-electron chi connectivity index (χ3n) is 7.32. The number of aromatic nitrogens is 1. The molecule has 41 heavy (non-hydrogen) atoms. The van der Waals surface area contributed by atoms with Gasteiger partial charge < -0.3 is 4.90 Å². The molecule has 1 aromatic heterocycles. The SMILES string of the molecule is Cc1ccc2nc(-c3ccc(N4C(=O)CC(N(Cc5ccc(F)cc5)C(=O)c5ccccc5C)C4=O)cc3)sc2c1. The summed E-state index contributed by atoms with van der Waals surface area (Å²) in [6, 6.07) is 25.2. The van der Waals surface area contributed by atoms with Crippen LogP contribution in [-0.2, 0) is 16.1 Å². The molecule has 1 unspecified atom stereocenters. The maximum atomic E-state index is 13.8. The van der Waals surface area contributed by atoms with Crippen LogP contribution in [-0.4, -0.2) is 33.6 Å². The van der Waals surface area contributed by atoms with Crippen LogP contribution in [0.5, 0.6) is 0 Å². The number of amides is 3. The minimum atomic E-state index is -0.994. The second kappa shape index (κ2) is 10.7. The Morgan fingerprint density at radius 3 is 2.44 bits per heavy atom. The van der Waals surface area contributed by atoms with Gasteiger partial charge in [-0.05, 0) is 85.1 Å². The average molecular weight is 564 g/mol. The molecule has 1 fully saturated rings. The third-order valence-corrected chi connectivity index (χ3v) is 8.39. The van der Waals surface area contributed by atoms with Crippen LogP contribution in [0.2, 0.25) is 0 Å². The van der Waals surface area contributed by atoms with Gasteiger partial charge in [-0.2, -0.15) is 0 Å². The summed E-state index contributed by atoms with van der Waals surface area (Å²) < 4.78 is 14.7. The van der Waals surface area contributed by atoms with E-state index in [1.807, 2.05) is 50.2 Å². The lowest BCUT2D eigenvalue weighted by Crippen LogP contribution is -2.45. The highest BCUT2D eigenvalue weighted by molar-refractivity contribution is 7.21. The van der Waals surface area contributed by atoms with Gasteiger partial charge in [0.05, 0.1) is 22.3 Å². The lowest BCUT2D eigenvalue weighted by Gasteiger charge is -2.28. The highest BCUT2D eigenvalue weighted by Gasteiger charge is 2.44. The molecule has 6 rings (SSSR count). The Hall–Kier alpha value is -4.69. The van der Waals surface area contributed by atoms with Crippen LogP contribution in [0.1, 0.15) is 33.5 Å².